The van der Waals surface area contributed by atoms with Gasteiger partial charge in [-0.15, -0.1) is 0 Å². The van der Waals surface area contributed by atoms with Gasteiger partial charge in [-0.25, -0.2) is 26.7 Å². The van der Waals surface area contributed by atoms with Crippen LogP contribution in [0.25, 0.3) is 5.65 Å². The highest BCUT2D eigenvalue weighted by Crippen LogP contribution is 2.24. The molecule has 0 spiro atoms. The second-order valence-corrected chi connectivity index (χ2v) is 8.97. The Labute approximate surface area is 203 Å². The number of hydrogen-bond acceptors (Lipinski definition) is 9. The minimum absolute atomic E-state index is 0.0226. The molecule has 0 atom stereocenters. The molecule has 0 saturated heterocycles. The number of fused-ring (bicyclic) bond motifs is 1. The number of benzene rings is 1. The summed E-state index contributed by atoms with van der Waals surface area (Å²) in [5.41, 5.74) is 0.115. The number of aryl methyl sites for hydroxylation is 1. The van der Waals surface area contributed by atoms with Gasteiger partial charge in [0.25, 0.3) is 22.4 Å². The van der Waals surface area contributed by atoms with Crippen molar-refractivity contribution in [3.05, 3.63) is 59.5 Å². The largest absolute Gasteiger partial charge is 0.481 e. The molecule has 0 aliphatic carbocycles. The Balaban J connectivity index is 1.54. The number of ether oxygens (including phenoxy) is 2. The average Bonchev–Trinajstić information content (AvgIpc) is 3.27. The molecule has 3 heterocycles. The number of halogens is 2. The second-order valence-electron chi connectivity index (χ2n) is 7.28. The minimum atomic E-state index is -4.06. The summed E-state index contributed by atoms with van der Waals surface area (Å²) in [6, 6.07) is 7.63. The van der Waals surface area contributed by atoms with E-state index in [-0.39, 0.29) is 39.5 Å². The molecule has 36 heavy (non-hydrogen) atoms. The number of carbonyl (C=O) groups is 1. The Bertz CT molecular complexity index is 1520. The second kappa shape index (κ2) is 9.69. The molecule has 4 rings (SSSR count). The number of rotatable bonds is 8. The summed E-state index contributed by atoms with van der Waals surface area (Å²) < 4.78 is 65.3. The van der Waals surface area contributed by atoms with E-state index in [1.807, 2.05) is 0 Å². The molecule has 2 N–H and O–H groups in total. The molecule has 0 unspecified atom stereocenters. The first-order chi connectivity index (χ1) is 17.1. The van der Waals surface area contributed by atoms with Gasteiger partial charge in [-0.05, 0) is 37.3 Å². The Kier molecular flexibility index (Phi) is 6.65. The first-order valence-corrected chi connectivity index (χ1v) is 11.6. The van der Waals surface area contributed by atoms with Gasteiger partial charge in [0.2, 0.25) is 5.88 Å². The topological polar surface area (TPSA) is 150 Å². The van der Waals surface area contributed by atoms with Crippen molar-refractivity contribution in [1.82, 2.24) is 24.6 Å². The summed E-state index contributed by atoms with van der Waals surface area (Å²) in [6.07, 6.45) is -1.67. The van der Waals surface area contributed by atoms with Crippen molar-refractivity contribution in [2.24, 2.45) is 0 Å². The number of alkyl halides is 2. The van der Waals surface area contributed by atoms with E-state index in [4.69, 9.17) is 9.47 Å². The fourth-order valence-electron chi connectivity index (χ4n) is 3.19. The van der Waals surface area contributed by atoms with E-state index in [2.05, 4.69) is 30.1 Å². The fourth-order valence-corrected chi connectivity index (χ4v) is 4.19. The number of amides is 1. The summed E-state index contributed by atoms with van der Waals surface area (Å²) >= 11 is 0. The molecular formula is C21H19F2N7O5S. The van der Waals surface area contributed by atoms with Crippen LogP contribution in [-0.4, -0.2) is 53.1 Å². The van der Waals surface area contributed by atoms with Crippen molar-refractivity contribution < 1.29 is 31.5 Å². The Hall–Kier alpha value is -4.40. The Morgan fingerprint density at radius 3 is 2.42 bits per heavy atom. The summed E-state index contributed by atoms with van der Waals surface area (Å²) in [5, 5.41) is 6.43. The molecule has 1 amide bonds. The van der Waals surface area contributed by atoms with Crippen LogP contribution < -0.4 is 19.5 Å². The third-order valence-electron chi connectivity index (χ3n) is 4.83. The van der Waals surface area contributed by atoms with Gasteiger partial charge in [0, 0.05) is 17.4 Å². The van der Waals surface area contributed by atoms with Crippen LogP contribution in [0.1, 0.15) is 28.2 Å². The maximum absolute atomic E-state index is 13.3. The van der Waals surface area contributed by atoms with Crippen LogP contribution >= 0.6 is 0 Å². The quantitative estimate of drug-likeness (QED) is 0.358. The zero-order chi connectivity index (χ0) is 26.0. The lowest BCUT2D eigenvalue weighted by Crippen LogP contribution is -2.15. The normalized spacial score (nSPS) is 11.5. The van der Waals surface area contributed by atoms with Crippen molar-refractivity contribution >= 4 is 33.1 Å². The number of hydrogen-bond donors (Lipinski definition) is 2. The van der Waals surface area contributed by atoms with Crippen LogP contribution in [0.15, 0.2) is 47.5 Å². The van der Waals surface area contributed by atoms with E-state index in [9.17, 15) is 22.0 Å². The molecule has 3 aromatic heterocycles. The number of carbonyl (C=O) groups excluding carboxylic acids is 1. The van der Waals surface area contributed by atoms with Gasteiger partial charge in [-0.1, -0.05) is 0 Å². The summed E-state index contributed by atoms with van der Waals surface area (Å²) in [4.78, 5) is 24.6. The first kappa shape index (κ1) is 24.7. The molecule has 0 saturated carbocycles. The molecule has 0 aliphatic rings. The van der Waals surface area contributed by atoms with E-state index < -0.39 is 28.0 Å². The Morgan fingerprint density at radius 1 is 1.06 bits per heavy atom. The van der Waals surface area contributed by atoms with E-state index in [1.54, 1.807) is 0 Å². The third-order valence-corrected chi connectivity index (χ3v) is 6.20. The highest BCUT2D eigenvalue weighted by molar-refractivity contribution is 7.92. The third kappa shape index (κ3) is 5.00. The van der Waals surface area contributed by atoms with Gasteiger partial charge in [0.15, 0.2) is 11.5 Å². The predicted molar refractivity (Wildman–Crippen MR) is 123 cm³/mol. The summed E-state index contributed by atoms with van der Waals surface area (Å²) in [6.45, 7) is 1.53. The molecule has 0 radical (unpaired) electrons. The maximum atomic E-state index is 13.3. The number of aromatic nitrogens is 5. The zero-order valence-corrected chi connectivity index (χ0v) is 19.9. The van der Waals surface area contributed by atoms with Crippen LogP contribution in [-0.2, 0) is 10.0 Å². The Morgan fingerprint density at radius 2 is 1.78 bits per heavy atom. The maximum Gasteiger partial charge on any atom is 0.321 e. The fraction of sp³-hybridized carbons (Fsp3) is 0.190. The predicted octanol–water partition coefficient (Wildman–Crippen LogP) is 2.84. The molecule has 4 aromatic rings. The number of sulfonamides is 1. The summed E-state index contributed by atoms with van der Waals surface area (Å²) in [5.74, 6) is -0.636. The van der Waals surface area contributed by atoms with Crippen molar-refractivity contribution in [3.63, 3.8) is 0 Å². The molecule has 1 aromatic carbocycles. The molecule has 0 aliphatic heterocycles. The monoisotopic (exact) mass is 519 g/mol. The van der Waals surface area contributed by atoms with Gasteiger partial charge in [-0.3, -0.25) is 9.52 Å². The molecule has 0 fully saturated rings. The standard InChI is InChI=1S/C21H19F2N7O5S/c1-11-8-15(18(22)23)30-19(25-11)14(10-24-30)20(31)26-12-4-6-13(7-5-12)36(32,33)29-16-9-17(34-2)28-21(27-16)35-3/h4-10,18H,1-3H3,(H,26,31)(H,27,28,29). The lowest BCUT2D eigenvalue weighted by Gasteiger charge is -2.10. The highest BCUT2D eigenvalue weighted by atomic mass is 32.2. The van der Waals surface area contributed by atoms with E-state index in [0.29, 0.717) is 5.69 Å². The number of nitrogens with one attached hydrogen (secondary N) is 2. The first-order valence-electron chi connectivity index (χ1n) is 10.2. The SMILES string of the molecule is COc1cc(NS(=O)(=O)c2ccc(NC(=O)c3cnn4c(C(F)F)cc(C)nc34)cc2)nc(OC)n1. The number of anilines is 2. The lowest BCUT2D eigenvalue weighted by atomic mass is 10.2. The minimum Gasteiger partial charge on any atom is -0.481 e. The van der Waals surface area contributed by atoms with Crippen LogP contribution in [0, 0.1) is 6.92 Å². The van der Waals surface area contributed by atoms with Gasteiger partial charge in [-0.2, -0.15) is 15.1 Å². The smallest absolute Gasteiger partial charge is 0.321 e. The van der Waals surface area contributed by atoms with Crippen molar-refractivity contribution in [2.75, 3.05) is 24.3 Å². The van der Waals surface area contributed by atoms with E-state index in [1.165, 1.54) is 57.5 Å². The van der Waals surface area contributed by atoms with Gasteiger partial charge >= 0.3 is 6.01 Å². The van der Waals surface area contributed by atoms with Gasteiger partial charge < -0.3 is 14.8 Å². The molecule has 12 nitrogen and oxygen atoms in total. The van der Waals surface area contributed by atoms with E-state index in [0.717, 1.165) is 10.7 Å². The van der Waals surface area contributed by atoms with Crippen molar-refractivity contribution in [3.8, 4) is 11.9 Å². The number of nitrogens with zero attached hydrogens (tertiary/aromatic N) is 5. The van der Waals surface area contributed by atoms with Crippen LogP contribution in [0.3, 0.4) is 0 Å². The molecule has 15 heteroatoms. The van der Waals surface area contributed by atoms with Gasteiger partial charge in [0.05, 0.1) is 25.3 Å². The van der Waals surface area contributed by atoms with Gasteiger partial charge in [0.1, 0.15) is 11.3 Å². The van der Waals surface area contributed by atoms with Crippen LogP contribution in [0.4, 0.5) is 20.3 Å². The van der Waals surface area contributed by atoms with Crippen LogP contribution in [0.2, 0.25) is 0 Å². The van der Waals surface area contributed by atoms with E-state index >= 15 is 0 Å². The zero-order valence-electron chi connectivity index (χ0n) is 19.1. The molecular weight excluding hydrogens is 500 g/mol. The highest BCUT2D eigenvalue weighted by Gasteiger charge is 2.21. The van der Waals surface area contributed by atoms with Crippen molar-refractivity contribution in [2.45, 2.75) is 18.2 Å². The lowest BCUT2D eigenvalue weighted by molar-refractivity contribution is 0.102. The number of methoxy groups -OCH3 is 2. The molecule has 0 bridgehead atoms. The van der Waals surface area contributed by atoms with Crippen molar-refractivity contribution in [1.29, 1.82) is 0 Å². The summed E-state index contributed by atoms with van der Waals surface area (Å²) in [7, 11) is -1.38. The van der Waals surface area contributed by atoms with Crippen LogP contribution in [0.5, 0.6) is 11.9 Å². The molecule has 188 valence electrons. The average molecular weight is 519 g/mol.